The van der Waals surface area contributed by atoms with Gasteiger partial charge in [-0.25, -0.2) is 0 Å². The summed E-state index contributed by atoms with van der Waals surface area (Å²) in [6.45, 7) is 4.79. The van der Waals surface area contributed by atoms with Gasteiger partial charge >= 0.3 is 0 Å². The zero-order valence-electron chi connectivity index (χ0n) is 12.7. The van der Waals surface area contributed by atoms with Gasteiger partial charge in [0.05, 0.1) is 18.8 Å². The minimum atomic E-state index is -0.0987. The maximum Gasteiger partial charge on any atom is 0.243 e. The van der Waals surface area contributed by atoms with E-state index in [-0.39, 0.29) is 12.5 Å². The van der Waals surface area contributed by atoms with Gasteiger partial charge in [-0.05, 0) is 71.7 Å². The van der Waals surface area contributed by atoms with Gasteiger partial charge in [0.2, 0.25) is 5.91 Å². The lowest BCUT2D eigenvalue weighted by atomic mass is 10.2. The van der Waals surface area contributed by atoms with E-state index < -0.39 is 0 Å². The van der Waals surface area contributed by atoms with Crippen LogP contribution in [0.25, 0.3) is 0 Å². The Hall–Kier alpha value is -2.01. The van der Waals surface area contributed by atoms with Crippen LogP contribution in [0.1, 0.15) is 12.5 Å². The van der Waals surface area contributed by atoms with Gasteiger partial charge in [-0.1, -0.05) is 6.07 Å². The van der Waals surface area contributed by atoms with E-state index in [1.807, 2.05) is 56.3 Å². The molecule has 2 aromatic carbocycles. The van der Waals surface area contributed by atoms with Crippen molar-refractivity contribution in [1.29, 1.82) is 0 Å². The van der Waals surface area contributed by atoms with E-state index in [0.29, 0.717) is 6.61 Å². The van der Waals surface area contributed by atoms with Gasteiger partial charge in [-0.2, -0.15) is 0 Å². The summed E-state index contributed by atoms with van der Waals surface area (Å²) >= 11 is 3.45. The first-order valence-corrected chi connectivity index (χ1v) is 7.90. The standard InChI is InChI=1S/C17H19BrN2O2/c1-3-22-14-7-5-13(6-8-14)19-11-17(21)20-16-9-4-12(2)10-15(16)18/h4-10,19H,3,11H2,1-2H3,(H,20,21). The van der Waals surface area contributed by atoms with Crippen LogP contribution in [0.15, 0.2) is 46.9 Å². The van der Waals surface area contributed by atoms with Crippen LogP contribution < -0.4 is 15.4 Å². The van der Waals surface area contributed by atoms with E-state index in [1.54, 1.807) is 0 Å². The Labute approximate surface area is 139 Å². The quantitative estimate of drug-likeness (QED) is 0.809. The number of hydrogen-bond acceptors (Lipinski definition) is 3. The molecule has 0 fully saturated rings. The molecule has 1 amide bonds. The fraction of sp³-hybridized carbons (Fsp3) is 0.235. The van der Waals surface area contributed by atoms with Crippen molar-refractivity contribution < 1.29 is 9.53 Å². The van der Waals surface area contributed by atoms with Gasteiger partial charge in [0.1, 0.15) is 5.75 Å². The second kappa shape index (κ2) is 7.84. The molecule has 0 spiro atoms. The highest BCUT2D eigenvalue weighted by Gasteiger charge is 2.05. The average Bonchev–Trinajstić information content (AvgIpc) is 2.50. The van der Waals surface area contributed by atoms with Crippen LogP contribution in [0.5, 0.6) is 5.75 Å². The molecule has 0 saturated carbocycles. The summed E-state index contributed by atoms with van der Waals surface area (Å²) in [6.07, 6.45) is 0. The summed E-state index contributed by atoms with van der Waals surface area (Å²) in [5, 5.41) is 5.95. The van der Waals surface area contributed by atoms with Crippen molar-refractivity contribution in [2.24, 2.45) is 0 Å². The number of aryl methyl sites for hydroxylation is 1. The maximum atomic E-state index is 12.0. The van der Waals surface area contributed by atoms with Crippen molar-refractivity contribution >= 4 is 33.2 Å². The highest BCUT2D eigenvalue weighted by molar-refractivity contribution is 9.10. The van der Waals surface area contributed by atoms with Gasteiger partial charge in [0, 0.05) is 10.2 Å². The first-order valence-electron chi connectivity index (χ1n) is 7.11. The van der Waals surface area contributed by atoms with Crippen LogP contribution in [0, 0.1) is 6.92 Å². The van der Waals surface area contributed by atoms with E-state index >= 15 is 0 Å². The summed E-state index contributed by atoms with van der Waals surface area (Å²) in [4.78, 5) is 12.0. The van der Waals surface area contributed by atoms with Crippen molar-refractivity contribution in [3.63, 3.8) is 0 Å². The normalized spacial score (nSPS) is 10.1. The number of hydrogen-bond donors (Lipinski definition) is 2. The SMILES string of the molecule is CCOc1ccc(NCC(=O)Nc2ccc(C)cc2Br)cc1. The van der Waals surface area contributed by atoms with Crippen LogP contribution >= 0.6 is 15.9 Å². The largest absolute Gasteiger partial charge is 0.494 e. The van der Waals surface area contributed by atoms with E-state index in [0.717, 1.165) is 27.2 Å². The number of carbonyl (C=O) groups is 1. The second-order valence-corrected chi connectivity index (χ2v) is 5.70. The Morgan fingerprint density at radius 2 is 1.91 bits per heavy atom. The first-order chi connectivity index (χ1) is 10.6. The van der Waals surface area contributed by atoms with E-state index in [4.69, 9.17) is 4.74 Å². The Kier molecular flexibility index (Phi) is 5.83. The molecule has 0 atom stereocenters. The monoisotopic (exact) mass is 362 g/mol. The summed E-state index contributed by atoms with van der Waals surface area (Å²) in [7, 11) is 0. The molecule has 0 bridgehead atoms. The number of nitrogens with one attached hydrogen (secondary N) is 2. The molecule has 0 radical (unpaired) electrons. The number of amides is 1. The molecule has 0 aromatic heterocycles. The minimum Gasteiger partial charge on any atom is -0.494 e. The second-order valence-electron chi connectivity index (χ2n) is 4.84. The van der Waals surface area contributed by atoms with Crippen molar-refractivity contribution in [3.05, 3.63) is 52.5 Å². The molecule has 2 aromatic rings. The van der Waals surface area contributed by atoms with Crippen molar-refractivity contribution in [2.75, 3.05) is 23.8 Å². The van der Waals surface area contributed by atoms with Gasteiger partial charge in [0.15, 0.2) is 0 Å². The van der Waals surface area contributed by atoms with Gasteiger partial charge in [-0.3, -0.25) is 4.79 Å². The number of carbonyl (C=O) groups excluding carboxylic acids is 1. The summed E-state index contributed by atoms with van der Waals surface area (Å²) in [6, 6.07) is 13.3. The molecule has 2 rings (SSSR count). The van der Waals surface area contributed by atoms with Crippen LogP contribution in [0.2, 0.25) is 0 Å². The van der Waals surface area contributed by atoms with E-state index in [1.165, 1.54) is 0 Å². The Morgan fingerprint density at radius 1 is 1.18 bits per heavy atom. The fourth-order valence-electron chi connectivity index (χ4n) is 1.93. The predicted octanol–water partition coefficient (Wildman–Crippen LogP) is 4.21. The Bertz CT molecular complexity index is 642. The molecular weight excluding hydrogens is 344 g/mol. The zero-order chi connectivity index (χ0) is 15.9. The molecule has 0 aliphatic rings. The van der Waals surface area contributed by atoms with E-state index in [9.17, 15) is 4.79 Å². The van der Waals surface area contributed by atoms with E-state index in [2.05, 4.69) is 26.6 Å². The van der Waals surface area contributed by atoms with Gasteiger partial charge in [0.25, 0.3) is 0 Å². The van der Waals surface area contributed by atoms with Crippen LogP contribution in [0.3, 0.4) is 0 Å². The fourth-order valence-corrected chi connectivity index (χ4v) is 2.53. The molecule has 2 N–H and O–H groups in total. The molecule has 0 aliphatic carbocycles. The molecule has 0 unspecified atom stereocenters. The average molecular weight is 363 g/mol. The highest BCUT2D eigenvalue weighted by Crippen LogP contribution is 2.23. The number of ether oxygens (including phenoxy) is 1. The molecule has 5 heteroatoms. The third kappa shape index (κ3) is 4.77. The molecule has 22 heavy (non-hydrogen) atoms. The topological polar surface area (TPSA) is 50.4 Å². The van der Waals surface area contributed by atoms with Crippen molar-refractivity contribution in [3.8, 4) is 5.75 Å². The summed E-state index contributed by atoms with van der Waals surface area (Å²) in [5.41, 5.74) is 2.78. The maximum absolute atomic E-state index is 12.0. The zero-order valence-corrected chi connectivity index (χ0v) is 14.2. The minimum absolute atomic E-state index is 0.0987. The van der Waals surface area contributed by atoms with Crippen molar-refractivity contribution in [1.82, 2.24) is 0 Å². The highest BCUT2D eigenvalue weighted by atomic mass is 79.9. The third-order valence-corrected chi connectivity index (χ3v) is 3.67. The van der Waals surface area contributed by atoms with Crippen LogP contribution in [0.4, 0.5) is 11.4 Å². The molecule has 0 heterocycles. The molecular formula is C17H19BrN2O2. The summed E-state index contributed by atoms with van der Waals surface area (Å²) < 4.78 is 6.25. The number of anilines is 2. The first kappa shape index (κ1) is 16.4. The Morgan fingerprint density at radius 3 is 2.55 bits per heavy atom. The summed E-state index contributed by atoms with van der Waals surface area (Å²) in [5.74, 6) is 0.722. The molecule has 116 valence electrons. The van der Waals surface area contributed by atoms with Crippen LogP contribution in [-0.4, -0.2) is 19.1 Å². The third-order valence-electron chi connectivity index (χ3n) is 3.02. The van der Waals surface area contributed by atoms with Gasteiger partial charge in [-0.15, -0.1) is 0 Å². The lowest BCUT2D eigenvalue weighted by molar-refractivity contribution is -0.114. The predicted molar refractivity (Wildman–Crippen MR) is 93.6 cm³/mol. The lowest BCUT2D eigenvalue weighted by Crippen LogP contribution is -2.21. The van der Waals surface area contributed by atoms with Crippen LogP contribution in [-0.2, 0) is 4.79 Å². The van der Waals surface area contributed by atoms with Gasteiger partial charge < -0.3 is 15.4 Å². The smallest absolute Gasteiger partial charge is 0.243 e. The Balaban J connectivity index is 1.87. The molecule has 0 saturated heterocycles. The van der Waals surface area contributed by atoms with Crippen molar-refractivity contribution in [2.45, 2.75) is 13.8 Å². The number of halogens is 1. The number of rotatable bonds is 6. The molecule has 4 nitrogen and oxygen atoms in total. The number of benzene rings is 2. The lowest BCUT2D eigenvalue weighted by Gasteiger charge is -2.10. The molecule has 0 aliphatic heterocycles.